The van der Waals surface area contributed by atoms with Gasteiger partial charge in [0, 0.05) is 12.3 Å². The van der Waals surface area contributed by atoms with E-state index in [1.165, 1.54) is 11.1 Å². The first-order chi connectivity index (χ1) is 11.2. The van der Waals surface area contributed by atoms with Crippen LogP contribution in [-0.4, -0.2) is 12.6 Å². The van der Waals surface area contributed by atoms with Crippen molar-refractivity contribution in [1.82, 2.24) is 0 Å². The third-order valence-corrected chi connectivity index (χ3v) is 3.56. The van der Waals surface area contributed by atoms with Crippen LogP contribution in [-0.2, 0) is 24.3 Å². The fraction of sp³-hybridized carbons (Fsp3) is 0.316. The largest absolute Gasteiger partial charge is 0.377 e. The van der Waals surface area contributed by atoms with Crippen molar-refractivity contribution in [3.8, 4) is 0 Å². The van der Waals surface area contributed by atoms with Crippen LogP contribution in [0.5, 0.6) is 0 Å². The Morgan fingerprint density at radius 3 is 2.17 bits per heavy atom. The van der Waals surface area contributed by atoms with Crippen molar-refractivity contribution in [1.29, 1.82) is 0 Å². The van der Waals surface area contributed by atoms with Gasteiger partial charge in [-0.3, -0.25) is 0 Å². The van der Waals surface area contributed by atoms with E-state index in [2.05, 4.69) is 53.6 Å². The highest BCUT2D eigenvalue weighted by Crippen LogP contribution is 2.10. The fourth-order valence-corrected chi connectivity index (χ4v) is 2.15. The van der Waals surface area contributed by atoms with Crippen LogP contribution >= 0.6 is 0 Å². The molecule has 0 aliphatic carbocycles. The zero-order valence-corrected chi connectivity index (χ0v) is 13.9. The van der Waals surface area contributed by atoms with Crippen LogP contribution in [0.2, 0.25) is 0 Å². The monoisotopic (exact) mass is 311 g/mol. The van der Waals surface area contributed by atoms with Gasteiger partial charge in [0.05, 0.1) is 13.2 Å². The van der Waals surface area contributed by atoms with Crippen molar-refractivity contribution in [3.63, 3.8) is 0 Å². The Hall–Kier alpha value is -2.33. The first-order valence-electron chi connectivity index (χ1n) is 8.02. The second kappa shape index (κ2) is 8.96. The van der Waals surface area contributed by atoms with E-state index >= 15 is 0 Å². The molecule has 0 atom stereocenters. The van der Waals surface area contributed by atoms with Gasteiger partial charge in [-0.15, -0.1) is 0 Å². The lowest BCUT2D eigenvalue weighted by Crippen LogP contribution is -2.22. The Bertz CT molecular complexity index is 618. The molecule has 4 heteroatoms. The number of anilines is 1. The number of nitrogens with two attached hydrogens (primary N) is 1. The molecule has 3 N–H and O–H groups in total. The van der Waals surface area contributed by atoms with Crippen LogP contribution in [0.25, 0.3) is 0 Å². The van der Waals surface area contributed by atoms with E-state index in [9.17, 15) is 0 Å². The number of hydrogen-bond acceptors (Lipinski definition) is 2. The van der Waals surface area contributed by atoms with E-state index in [-0.39, 0.29) is 0 Å². The van der Waals surface area contributed by atoms with E-state index in [4.69, 9.17) is 10.5 Å². The Balaban J connectivity index is 1.88. The molecule has 2 rings (SSSR count). The van der Waals surface area contributed by atoms with Gasteiger partial charge in [-0.25, -0.2) is 4.99 Å². The van der Waals surface area contributed by atoms with Gasteiger partial charge in [0.2, 0.25) is 0 Å². The van der Waals surface area contributed by atoms with E-state index in [0.717, 1.165) is 24.3 Å². The number of rotatable bonds is 7. The molecule has 0 aromatic heterocycles. The van der Waals surface area contributed by atoms with Gasteiger partial charge in [0.1, 0.15) is 0 Å². The number of aryl methyl sites for hydroxylation is 1. The molecule has 2 aromatic rings. The third kappa shape index (κ3) is 5.75. The van der Waals surface area contributed by atoms with Gasteiger partial charge in [-0.2, -0.15) is 0 Å². The highest BCUT2D eigenvalue weighted by atomic mass is 16.5. The van der Waals surface area contributed by atoms with Crippen molar-refractivity contribution in [2.75, 3.05) is 11.9 Å². The normalized spacial score (nSPS) is 11.5. The molecule has 0 spiro atoms. The minimum atomic E-state index is 0.424. The molecule has 0 saturated carbocycles. The molecule has 0 aliphatic heterocycles. The van der Waals surface area contributed by atoms with Crippen molar-refractivity contribution in [3.05, 3.63) is 65.2 Å². The second-order valence-electron chi connectivity index (χ2n) is 5.33. The van der Waals surface area contributed by atoms with Crippen molar-refractivity contribution in [2.45, 2.75) is 33.4 Å². The summed E-state index contributed by atoms with van der Waals surface area (Å²) in [4.78, 5) is 4.38. The topological polar surface area (TPSA) is 59.6 Å². The molecule has 0 unspecified atom stereocenters. The second-order valence-corrected chi connectivity index (χ2v) is 5.33. The Kier molecular flexibility index (Phi) is 6.63. The van der Waals surface area contributed by atoms with Gasteiger partial charge >= 0.3 is 0 Å². The molecular weight excluding hydrogens is 286 g/mol. The molecule has 0 saturated heterocycles. The molecule has 0 heterocycles. The first-order valence-corrected chi connectivity index (χ1v) is 8.02. The van der Waals surface area contributed by atoms with Crippen molar-refractivity contribution >= 4 is 11.6 Å². The van der Waals surface area contributed by atoms with Crippen molar-refractivity contribution < 1.29 is 4.74 Å². The number of guanidine groups is 1. The number of nitrogens with one attached hydrogen (secondary N) is 1. The summed E-state index contributed by atoms with van der Waals surface area (Å²) in [5.41, 5.74) is 10.5. The van der Waals surface area contributed by atoms with Crippen LogP contribution in [0, 0.1) is 0 Å². The summed E-state index contributed by atoms with van der Waals surface area (Å²) in [5, 5.41) is 3.11. The Morgan fingerprint density at radius 2 is 1.57 bits per heavy atom. The number of aliphatic imine (C=N–C) groups is 1. The molecule has 4 nitrogen and oxygen atoms in total. The maximum Gasteiger partial charge on any atom is 0.193 e. The lowest BCUT2D eigenvalue weighted by atomic mass is 10.1. The summed E-state index contributed by atoms with van der Waals surface area (Å²) in [6, 6.07) is 16.5. The minimum absolute atomic E-state index is 0.424. The van der Waals surface area contributed by atoms with Crippen molar-refractivity contribution in [2.24, 2.45) is 10.7 Å². The Morgan fingerprint density at radius 1 is 0.957 bits per heavy atom. The standard InChI is InChI=1S/C19H25N3O/c1-3-15-9-11-18(12-10-15)22-19(20)21-13-16-5-7-17(8-6-16)14-23-4-2/h5-12H,3-4,13-14H2,1-2H3,(H3,20,21,22). The molecule has 0 amide bonds. The van der Waals surface area contributed by atoms with Gasteiger partial charge in [0.15, 0.2) is 5.96 Å². The summed E-state index contributed by atoms with van der Waals surface area (Å²) >= 11 is 0. The quantitative estimate of drug-likeness (QED) is 0.605. The summed E-state index contributed by atoms with van der Waals surface area (Å²) in [5.74, 6) is 0.424. The average molecular weight is 311 g/mol. The maximum atomic E-state index is 5.94. The zero-order chi connectivity index (χ0) is 16.5. The van der Waals surface area contributed by atoms with Gasteiger partial charge in [-0.1, -0.05) is 43.3 Å². The molecule has 122 valence electrons. The predicted molar refractivity (Wildman–Crippen MR) is 96.5 cm³/mol. The molecule has 0 fully saturated rings. The number of hydrogen-bond donors (Lipinski definition) is 2. The first kappa shape index (κ1) is 17.0. The van der Waals surface area contributed by atoms with E-state index in [1.807, 2.05) is 19.1 Å². The number of benzene rings is 2. The highest BCUT2D eigenvalue weighted by Gasteiger charge is 1.97. The van der Waals surface area contributed by atoms with Gasteiger partial charge in [0.25, 0.3) is 0 Å². The third-order valence-electron chi connectivity index (χ3n) is 3.56. The maximum absolute atomic E-state index is 5.94. The van der Waals surface area contributed by atoms with Crippen LogP contribution in [0.1, 0.15) is 30.5 Å². The molecule has 0 aliphatic rings. The minimum Gasteiger partial charge on any atom is -0.377 e. The van der Waals surface area contributed by atoms with Crippen LogP contribution < -0.4 is 11.1 Å². The molecule has 23 heavy (non-hydrogen) atoms. The van der Waals surface area contributed by atoms with Crippen LogP contribution in [0.4, 0.5) is 5.69 Å². The average Bonchev–Trinajstić information content (AvgIpc) is 2.59. The molecule has 0 bridgehead atoms. The summed E-state index contributed by atoms with van der Waals surface area (Å²) in [6.07, 6.45) is 1.03. The number of ether oxygens (including phenoxy) is 1. The summed E-state index contributed by atoms with van der Waals surface area (Å²) in [7, 11) is 0. The molecular formula is C19H25N3O. The highest BCUT2D eigenvalue weighted by molar-refractivity contribution is 5.92. The van der Waals surface area contributed by atoms with E-state index in [1.54, 1.807) is 0 Å². The SMILES string of the molecule is CCOCc1ccc(CN=C(N)Nc2ccc(CC)cc2)cc1. The predicted octanol–water partition coefficient (Wildman–Crippen LogP) is 3.71. The lowest BCUT2D eigenvalue weighted by Gasteiger charge is -2.07. The van der Waals surface area contributed by atoms with Crippen LogP contribution in [0.15, 0.2) is 53.5 Å². The fourth-order valence-electron chi connectivity index (χ4n) is 2.15. The van der Waals surface area contributed by atoms with Crippen LogP contribution in [0.3, 0.4) is 0 Å². The molecule has 2 aromatic carbocycles. The van der Waals surface area contributed by atoms with Gasteiger partial charge in [-0.05, 0) is 42.2 Å². The summed E-state index contributed by atoms with van der Waals surface area (Å²) < 4.78 is 5.38. The van der Waals surface area contributed by atoms with E-state index < -0.39 is 0 Å². The van der Waals surface area contributed by atoms with Gasteiger partial charge < -0.3 is 15.8 Å². The zero-order valence-electron chi connectivity index (χ0n) is 13.9. The number of nitrogens with zero attached hydrogens (tertiary/aromatic N) is 1. The lowest BCUT2D eigenvalue weighted by molar-refractivity contribution is 0.134. The molecule has 0 radical (unpaired) electrons. The smallest absolute Gasteiger partial charge is 0.193 e. The summed E-state index contributed by atoms with van der Waals surface area (Å²) in [6.45, 7) is 6.07. The Labute approximate surface area is 138 Å². The van der Waals surface area contributed by atoms with E-state index in [0.29, 0.717) is 19.1 Å².